The molecule has 0 saturated carbocycles. The van der Waals surface area contributed by atoms with Gasteiger partial charge in [-0.05, 0) is 37.1 Å². The number of nitro groups is 1. The van der Waals surface area contributed by atoms with Gasteiger partial charge in [-0.25, -0.2) is 0 Å². The summed E-state index contributed by atoms with van der Waals surface area (Å²) in [5, 5.41) is 11.8. The van der Waals surface area contributed by atoms with Crippen LogP contribution >= 0.6 is 0 Å². The molecule has 150 valence electrons. The minimum Gasteiger partial charge on any atom is -0.493 e. The van der Waals surface area contributed by atoms with Crippen LogP contribution in [0.15, 0.2) is 42.5 Å². The molecule has 2 aromatic carbocycles. The van der Waals surface area contributed by atoms with E-state index in [0.717, 1.165) is 44.8 Å². The van der Waals surface area contributed by atoms with Crippen molar-refractivity contribution in [3.8, 4) is 11.5 Å². The van der Waals surface area contributed by atoms with Crippen LogP contribution in [0.1, 0.15) is 17.5 Å². The molecule has 1 heterocycles. The summed E-state index contributed by atoms with van der Waals surface area (Å²) in [6.07, 6.45) is 1.45. The standard InChI is InChI=1S/C21H26N2O5/c1-26-19-10-9-18(8-5-11-22-12-14-27-15-13-22)20(23(24)25)21(19)28-16-17-6-3-2-4-7-17/h2-4,6-7,9-10H,5,8,11-16H2,1H3. The molecule has 3 rings (SSSR count). The van der Waals surface area contributed by atoms with Gasteiger partial charge in [0.2, 0.25) is 5.75 Å². The van der Waals surface area contributed by atoms with Crippen molar-refractivity contribution in [1.82, 2.24) is 4.90 Å². The van der Waals surface area contributed by atoms with Crippen LogP contribution in [0.5, 0.6) is 11.5 Å². The highest BCUT2D eigenvalue weighted by Gasteiger charge is 2.25. The second-order valence-electron chi connectivity index (χ2n) is 6.69. The number of ether oxygens (including phenoxy) is 3. The Labute approximate surface area is 165 Å². The third-order valence-corrected chi connectivity index (χ3v) is 4.83. The molecule has 0 aliphatic carbocycles. The number of methoxy groups -OCH3 is 1. The second kappa shape index (κ2) is 10.1. The van der Waals surface area contributed by atoms with Crippen LogP contribution in [-0.4, -0.2) is 49.8 Å². The lowest BCUT2D eigenvalue weighted by molar-refractivity contribution is -0.386. The van der Waals surface area contributed by atoms with Crippen LogP contribution in [0.3, 0.4) is 0 Å². The molecule has 1 aliphatic heterocycles. The summed E-state index contributed by atoms with van der Waals surface area (Å²) in [5.41, 5.74) is 1.61. The minimum absolute atomic E-state index is 0.00254. The van der Waals surface area contributed by atoms with E-state index in [1.165, 1.54) is 7.11 Å². The normalized spacial score (nSPS) is 14.6. The van der Waals surface area contributed by atoms with E-state index in [-0.39, 0.29) is 23.0 Å². The largest absolute Gasteiger partial charge is 0.493 e. The van der Waals surface area contributed by atoms with Crippen LogP contribution < -0.4 is 9.47 Å². The molecule has 0 unspecified atom stereocenters. The molecule has 7 heteroatoms. The van der Waals surface area contributed by atoms with Crippen LogP contribution in [-0.2, 0) is 17.8 Å². The Morgan fingerprint density at radius 1 is 1.14 bits per heavy atom. The summed E-state index contributed by atoms with van der Waals surface area (Å²) >= 11 is 0. The van der Waals surface area contributed by atoms with Crippen molar-refractivity contribution in [1.29, 1.82) is 0 Å². The lowest BCUT2D eigenvalue weighted by Crippen LogP contribution is -2.36. The smallest absolute Gasteiger partial charge is 0.318 e. The van der Waals surface area contributed by atoms with Gasteiger partial charge < -0.3 is 14.2 Å². The van der Waals surface area contributed by atoms with Crippen molar-refractivity contribution in [3.63, 3.8) is 0 Å². The number of nitro benzene ring substituents is 1. The van der Waals surface area contributed by atoms with E-state index in [1.807, 2.05) is 30.3 Å². The molecule has 0 amide bonds. The van der Waals surface area contributed by atoms with Crippen molar-refractivity contribution < 1.29 is 19.1 Å². The Morgan fingerprint density at radius 3 is 2.57 bits per heavy atom. The van der Waals surface area contributed by atoms with Gasteiger partial charge in [-0.15, -0.1) is 0 Å². The number of hydrogen-bond acceptors (Lipinski definition) is 6. The van der Waals surface area contributed by atoms with Gasteiger partial charge in [0.25, 0.3) is 0 Å². The van der Waals surface area contributed by atoms with Gasteiger partial charge in [0.05, 0.1) is 25.2 Å². The predicted octanol–water partition coefficient (Wildman–Crippen LogP) is 3.45. The first-order valence-corrected chi connectivity index (χ1v) is 9.50. The number of hydrogen-bond donors (Lipinski definition) is 0. The van der Waals surface area contributed by atoms with Crippen LogP contribution in [0.2, 0.25) is 0 Å². The predicted molar refractivity (Wildman–Crippen MR) is 106 cm³/mol. The summed E-state index contributed by atoms with van der Waals surface area (Å²) in [7, 11) is 1.49. The van der Waals surface area contributed by atoms with E-state index in [9.17, 15) is 10.1 Å². The van der Waals surface area contributed by atoms with E-state index >= 15 is 0 Å². The van der Waals surface area contributed by atoms with E-state index in [1.54, 1.807) is 12.1 Å². The lowest BCUT2D eigenvalue weighted by atomic mass is 10.1. The molecule has 0 spiro atoms. The van der Waals surface area contributed by atoms with Crippen LogP contribution in [0, 0.1) is 10.1 Å². The number of benzene rings is 2. The average Bonchev–Trinajstić information content (AvgIpc) is 2.73. The van der Waals surface area contributed by atoms with E-state index < -0.39 is 0 Å². The molecule has 0 radical (unpaired) electrons. The first-order chi connectivity index (χ1) is 13.7. The van der Waals surface area contributed by atoms with Gasteiger partial charge in [-0.3, -0.25) is 15.0 Å². The Morgan fingerprint density at radius 2 is 1.89 bits per heavy atom. The van der Waals surface area contributed by atoms with Crippen molar-refractivity contribution in [2.75, 3.05) is 40.0 Å². The molecule has 1 fully saturated rings. The van der Waals surface area contributed by atoms with Gasteiger partial charge in [-0.2, -0.15) is 0 Å². The highest BCUT2D eigenvalue weighted by atomic mass is 16.6. The van der Waals surface area contributed by atoms with E-state index in [2.05, 4.69) is 4.90 Å². The van der Waals surface area contributed by atoms with Crippen molar-refractivity contribution in [2.45, 2.75) is 19.4 Å². The van der Waals surface area contributed by atoms with Gasteiger partial charge in [0.1, 0.15) is 6.61 Å². The maximum Gasteiger partial charge on any atom is 0.318 e. The number of nitrogens with zero attached hydrogens (tertiary/aromatic N) is 2. The molecule has 1 aliphatic rings. The summed E-state index contributed by atoms with van der Waals surface area (Å²) in [4.78, 5) is 13.8. The number of morpholine rings is 1. The molecule has 2 aromatic rings. The molecule has 0 aromatic heterocycles. The Bertz CT molecular complexity index is 776. The molecule has 1 saturated heterocycles. The molecular weight excluding hydrogens is 360 g/mol. The zero-order chi connectivity index (χ0) is 19.8. The highest BCUT2D eigenvalue weighted by Crippen LogP contribution is 2.40. The highest BCUT2D eigenvalue weighted by molar-refractivity contribution is 5.60. The van der Waals surface area contributed by atoms with E-state index in [0.29, 0.717) is 17.7 Å². The first kappa shape index (κ1) is 20.1. The summed E-state index contributed by atoms with van der Waals surface area (Å²) in [6, 6.07) is 13.1. The van der Waals surface area contributed by atoms with Crippen molar-refractivity contribution >= 4 is 5.69 Å². The summed E-state index contributed by atoms with van der Waals surface area (Å²) in [5.74, 6) is 0.569. The molecule has 0 N–H and O–H groups in total. The topological polar surface area (TPSA) is 74.1 Å². The number of aryl methyl sites for hydroxylation is 1. The van der Waals surface area contributed by atoms with Gasteiger partial charge in [0.15, 0.2) is 5.75 Å². The zero-order valence-corrected chi connectivity index (χ0v) is 16.1. The van der Waals surface area contributed by atoms with Gasteiger partial charge >= 0.3 is 5.69 Å². The van der Waals surface area contributed by atoms with Gasteiger partial charge in [-0.1, -0.05) is 30.3 Å². The molecule has 0 bridgehead atoms. The fourth-order valence-electron chi connectivity index (χ4n) is 3.34. The van der Waals surface area contributed by atoms with Crippen LogP contribution in [0.4, 0.5) is 5.69 Å². The fourth-order valence-corrected chi connectivity index (χ4v) is 3.34. The van der Waals surface area contributed by atoms with Crippen molar-refractivity contribution in [2.24, 2.45) is 0 Å². The molecule has 28 heavy (non-hydrogen) atoms. The second-order valence-corrected chi connectivity index (χ2v) is 6.69. The third kappa shape index (κ3) is 5.21. The zero-order valence-electron chi connectivity index (χ0n) is 16.1. The van der Waals surface area contributed by atoms with Crippen molar-refractivity contribution in [3.05, 3.63) is 63.7 Å². The monoisotopic (exact) mass is 386 g/mol. The molecular formula is C21H26N2O5. The Balaban J connectivity index is 1.74. The third-order valence-electron chi connectivity index (χ3n) is 4.83. The maximum absolute atomic E-state index is 11.8. The average molecular weight is 386 g/mol. The van der Waals surface area contributed by atoms with E-state index in [4.69, 9.17) is 14.2 Å². The SMILES string of the molecule is COc1ccc(CCCN2CCOCC2)c([N+](=O)[O-])c1OCc1ccccc1. The Hall–Kier alpha value is -2.64. The summed E-state index contributed by atoms with van der Waals surface area (Å²) < 4.78 is 16.5. The first-order valence-electron chi connectivity index (χ1n) is 9.50. The Kier molecular flexibility index (Phi) is 7.22. The van der Waals surface area contributed by atoms with Gasteiger partial charge in [0, 0.05) is 18.7 Å². The molecule has 0 atom stereocenters. The minimum atomic E-state index is -0.368. The maximum atomic E-state index is 11.8. The lowest BCUT2D eigenvalue weighted by Gasteiger charge is -2.26. The summed E-state index contributed by atoms with van der Waals surface area (Å²) in [6.45, 7) is 4.47. The molecule has 7 nitrogen and oxygen atoms in total. The number of rotatable bonds is 9. The quantitative estimate of drug-likeness (QED) is 0.485. The fraction of sp³-hybridized carbons (Fsp3) is 0.429. The van der Waals surface area contributed by atoms with Crippen LogP contribution in [0.25, 0.3) is 0 Å².